The smallest absolute Gasteiger partial charge is 0.340 e. The lowest BCUT2D eigenvalue weighted by Gasteiger charge is -2.09. The van der Waals surface area contributed by atoms with Crippen LogP contribution in [0.3, 0.4) is 0 Å². The van der Waals surface area contributed by atoms with Gasteiger partial charge in [0.05, 0.1) is 23.7 Å². The summed E-state index contributed by atoms with van der Waals surface area (Å²) in [6, 6.07) is -0.271. The fourth-order valence-corrected chi connectivity index (χ4v) is 4.06. The zero-order valence-corrected chi connectivity index (χ0v) is 10.5. The van der Waals surface area contributed by atoms with E-state index in [9.17, 15) is 13.2 Å². The van der Waals surface area contributed by atoms with Crippen molar-refractivity contribution in [3.05, 3.63) is 16.4 Å². The van der Waals surface area contributed by atoms with Crippen LogP contribution in [0.5, 0.6) is 0 Å². The summed E-state index contributed by atoms with van der Waals surface area (Å²) in [6.45, 7) is 0. The Labute approximate surface area is 100 Å². The third-order valence-electron chi connectivity index (χ3n) is 2.52. The molecule has 0 radical (unpaired) electrons. The number of nitrogens with zero attached hydrogens (tertiary/aromatic N) is 2. The van der Waals surface area contributed by atoms with Crippen molar-refractivity contribution in [2.24, 2.45) is 0 Å². The van der Waals surface area contributed by atoms with Crippen molar-refractivity contribution in [3.63, 3.8) is 0 Å². The van der Waals surface area contributed by atoms with E-state index in [0.29, 0.717) is 11.0 Å². The molecule has 2 rings (SSSR count). The zero-order chi connectivity index (χ0) is 11.9. The lowest BCUT2D eigenvalue weighted by molar-refractivity contribution is 0.0695. The molecule has 8 heteroatoms. The fourth-order valence-electron chi connectivity index (χ4n) is 1.71. The third-order valence-corrected chi connectivity index (χ3v) is 5.06. The molecule has 1 aliphatic rings. The van der Waals surface area contributed by atoms with Crippen LogP contribution in [0.4, 0.5) is 0 Å². The van der Waals surface area contributed by atoms with Crippen LogP contribution in [-0.2, 0) is 9.84 Å². The molecule has 1 fully saturated rings. The molecule has 0 spiro atoms. The third kappa shape index (κ3) is 1.99. The van der Waals surface area contributed by atoms with Gasteiger partial charge in [0.25, 0.3) is 0 Å². The molecule has 0 aromatic carbocycles. The Hall–Kier alpha value is -0.890. The van der Waals surface area contributed by atoms with E-state index in [1.54, 1.807) is 0 Å². The Kier molecular flexibility index (Phi) is 2.79. The molecule has 0 bridgehead atoms. The molecule has 88 valence electrons. The van der Waals surface area contributed by atoms with E-state index >= 15 is 0 Å². The summed E-state index contributed by atoms with van der Waals surface area (Å²) in [4.78, 5) is 10.8. The van der Waals surface area contributed by atoms with Gasteiger partial charge in [0, 0.05) is 0 Å². The van der Waals surface area contributed by atoms with Crippen LogP contribution in [0.2, 0.25) is 0 Å². The minimum absolute atomic E-state index is 0.0202. The van der Waals surface area contributed by atoms with Crippen LogP contribution in [0.25, 0.3) is 0 Å². The highest BCUT2D eigenvalue weighted by Gasteiger charge is 2.31. The quantitative estimate of drug-likeness (QED) is 0.869. The number of hydrogen-bond donors (Lipinski definition) is 1. The molecule has 6 nitrogen and oxygen atoms in total. The second-order valence-electron chi connectivity index (χ2n) is 3.66. The highest BCUT2D eigenvalue weighted by Crippen LogP contribution is 2.28. The van der Waals surface area contributed by atoms with Crippen LogP contribution >= 0.6 is 15.9 Å². The van der Waals surface area contributed by atoms with E-state index in [1.165, 1.54) is 10.9 Å². The topological polar surface area (TPSA) is 89.3 Å². The highest BCUT2D eigenvalue weighted by molar-refractivity contribution is 9.10. The number of carbonyl (C=O) groups is 1. The zero-order valence-electron chi connectivity index (χ0n) is 8.13. The summed E-state index contributed by atoms with van der Waals surface area (Å²) >= 11 is 3.12. The number of carboxylic acids is 1. The van der Waals surface area contributed by atoms with Gasteiger partial charge in [-0.2, -0.15) is 5.10 Å². The number of hydrogen-bond acceptors (Lipinski definition) is 4. The lowest BCUT2D eigenvalue weighted by atomic mass is 10.3. The molecule has 1 aromatic rings. The summed E-state index contributed by atoms with van der Waals surface area (Å²) in [7, 11) is -3.00. The van der Waals surface area contributed by atoms with Gasteiger partial charge in [-0.05, 0) is 22.4 Å². The average Bonchev–Trinajstić information content (AvgIpc) is 2.69. The summed E-state index contributed by atoms with van der Waals surface area (Å²) in [5.74, 6) is -0.933. The maximum atomic E-state index is 11.3. The number of rotatable bonds is 2. The predicted octanol–water partition coefficient (Wildman–Crippen LogP) is 0.703. The van der Waals surface area contributed by atoms with E-state index < -0.39 is 15.8 Å². The molecule has 0 aliphatic carbocycles. The molecule has 16 heavy (non-hydrogen) atoms. The summed E-state index contributed by atoms with van der Waals surface area (Å²) in [5.41, 5.74) is 0.0456. The molecule has 0 saturated carbocycles. The molecule has 1 atom stereocenters. The van der Waals surface area contributed by atoms with E-state index in [0.717, 1.165) is 0 Å². The van der Waals surface area contributed by atoms with Gasteiger partial charge in [0.2, 0.25) is 0 Å². The van der Waals surface area contributed by atoms with E-state index in [2.05, 4.69) is 21.0 Å². The Morgan fingerprint density at radius 2 is 2.31 bits per heavy atom. The number of sulfone groups is 1. The van der Waals surface area contributed by atoms with Gasteiger partial charge in [-0.3, -0.25) is 4.68 Å². The van der Waals surface area contributed by atoms with Crippen molar-refractivity contribution < 1.29 is 18.3 Å². The van der Waals surface area contributed by atoms with Crippen molar-refractivity contribution >= 4 is 31.7 Å². The van der Waals surface area contributed by atoms with Crippen LogP contribution in [-0.4, -0.2) is 40.8 Å². The Balaban J connectivity index is 2.33. The molecule has 1 aromatic heterocycles. The molecular formula is C8H9BrN2O4S. The van der Waals surface area contributed by atoms with Crippen molar-refractivity contribution in [1.82, 2.24) is 9.78 Å². The molecular weight excluding hydrogens is 300 g/mol. The van der Waals surface area contributed by atoms with Gasteiger partial charge in [0.1, 0.15) is 10.2 Å². The highest BCUT2D eigenvalue weighted by atomic mass is 79.9. The molecule has 2 heterocycles. The van der Waals surface area contributed by atoms with Gasteiger partial charge < -0.3 is 5.11 Å². The first kappa shape index (κ1) is 11.6. The summed E-state index contributed by atoms with van der Waals surface area (Å²) in [6.07, 6.45) is 1.69. The normalized spacial score (nSPS) is 23.4. The number of carboxylic acid groups (broad SMARTS) is 1. The van der Waals surface area contributed by atoms with E-state index in [1.807, 2.05) is 0 Å². The Morgan fingerprint density at radius 1 is 1.62 bits per heavy atom. The lowest BCUT2D eigenvalue weighted by Crippen LogP contribution is -2.13. The molecule has 1 unspecified atom stereocenters. The number of aromatic nitrogens is 2. The van der Waals surface area contributed by atoms with Crippen LogP contribution < -0.4 is 0 Å². The maximum absolute atomic E-state index is 11.3. The maximum Gasteiger partial charge on any atom is 0.340 e. The summed E-state index contributed by atoms with van der Waals surface area (Å²) < 4.78 is 24.3. The Bertz CT molecular complexity index is 536. The van der Waals surface area contributed by atoms with Gasteiger partial charge in [-0.15, -0.1) is 0 Å². The van der Waals surface area contributed by atoms with E-state index in [-0.39, 0.29) is 23.1 Å². The van der Waals surface area contributed by atoms with Crippen LogP contribution in [0.15, 0.2) is 10.8 Å². The molecule has 1 saturated heterocycles. The van der Waals surface area contributed by atoms with Gasteiger partial charge in [-0.25, -0.2) is 13.2 Å². The van der Waals surface area contributed by atoms with Crippen LogP contribution in [0, 0.1) is 0 Å². The van der Waals surface area contributed by atoms with Gasteiger partial charge in [0.15, 0.2) is 9.84 Å². The standard InChI is InChI=1S/C8H9BrN2O4S/c9-7-6(8(12)13)3-10-11(7)5-1-2-16(14,15)4-5/h3,5H,1-2,4H2,(H,12,13). The fraction of sp³-hybridized carbons (Fsp3) is 0.500. The first-order chi connectivity index (χ1) is 7.41. The van der Waals surface area contributed by atoms with Crippen molar-refractivity contribution in [2.45, 2.75) is 12.5 Å². The molecule has 1 aliphatic heterocycles. The first-order valence-corrected chi connectivity index (χ1v) is 7.19. The monoisotopic (exact) mass is 308 g/mol. The van der Waals surface area contributed by atoms with Crippen LogP contribution in [0.1, 0.15) is 22.8 Å². The van der Waals surface area contributed by atoms with Gasteiger partial charge >= 0.3 is 5.97 Å². The van der Waals surface area contributed by atoms with E-state index in [4.69, 9.17) is 5.11 Å². The van der Waals surface area contributed by atoms with Crippen molar-refractivity contribution in [2.75, 3.05) is 11.5 Å². The molecule has 1 N–H and O–H groups in total. The predicted molar refractivity (Wildman–Crippen MR) is 59.2 cm³/mol. The van der Waals surface area contributed by atoms with Crippen molar-refractivity contribution in [1.29, 1.82) is 0 Å². The second-order valence-corrected chi connectivity index (χ2v) is 6.64. The minimum Gasteiger partial charge on any atom is -0.478 e. The largest absolute Gasteiger partial charge is 0.478 e. The number of halogens is 1. The molecule has 0 amide bonds. The Morgan fingerprint density at radius 3 is 2.75 bits per heavy atom. The van der Waals surface area contributed by atoms with Crippen molar-refractivity contribution in [3.8, 4) is 0 Å². The number of aromatic carboxylic acids is 1. The first-order valence-electron chi connectivity index (χ1n) is 4.57. The SMILES string of the molecule is O=C(O)c1cnn(C2CCS(=O)(=O)C2)c1Br. The van der Waals surface area contributed by atoms with Gasteiger partial charge in [-0.1, -0.05) is 0 Å². The second kappa shape index (κ2) is 3.85. The average molecular weight is 309 g/mol. The minimum atomic E-state index is -3.00. The summed E-state index contributed by atoms with van der Waals surface area (Å²) in [5, 5.41) is 12.7.